The molecule has 0 saturated carbocycles. The summed E-state index contributed by atoms with van der Waals surface area (Å²) in [5.41, 5.74) is 22.4. The minimum atomic E-state index is -1.25. The smallest absolute Gasteiger partial charge is 0.329 e. The number of rotatable bonds is 14. The van der Waals surface area contributed by atoms with Crippen LogP contribution in [0, 0.1) is 0 Å². The molecular formula is C53H50N8O10. The van der Waals surface area contributed by atoms with Crippen molar-refractivity contribution < 1.29 is 47.8 Å². The van der Waals surface area contributed by atoms with Gasteiger partial charge in [0.1, 0.15) is 24.7 Å². The Morgan fingerprint density at radius 3 is 1.01 bits per heavy atom. The van der Waals surface area contributed by atoms with Crippen LogP contribution in [0.3, 0.4) is 0 Å². The second-order valence-corrected chi connectivity index (χ2v) is 16.3. The molecule has 8 N–H and O–H groups in total. The van der Waals surface area contributed by atoms with Gasteiger partial charge in [0.05, 0.1) is 0 Å². The summed E-state index contributed by atoms with van der Waals surface area (Å²) in [5.74, 6) is -6.76. The topological polar surface area (TPSA) is 251 Å². The number of fused-ring (bicyclic) bond motifs is 3. The van der Waals surface area contributed by atoms with Gasteiger partial charge in [-0.3, -0.25) is 81.8 Å². The lowest BCUT2D eigenvalue weighted by Gasteiger charge is -2.32. The van der Waals surface area contributed by atoms with Crippen LogP contribution in [0.4, 0.5) is 0 Å². The maximum absolute atomic E-state index is 13.4. The first-order chi connectivity index (χ1) is 34.4. The van der Waals surface area contributed by atoms with Gasteiger partial charge in [0.25, 0.3) is 23.6 Å². The van der Waals surface area contributed by atoms with Crippen molar-refractivity contribution in [2.75, 3.05) is 0 Å². The Labute approximate surface area is 408 Å². The molecule has 0 bridgehead atoms. The van der Waals surface area contributed by atoms with Crippen molar-refractivity contribution >= 4 is 47.3 Å². The Kier molecular flexibility index (Phi) is 16.1. The molecule has 18 heteroatoms. The van der Waals surface area contributed by atoms with Crippen LogP contribution in [-0.2, 0) is 37.8 Å². The monoisotopic (exact) mass is 958 g/mol. The summed E-state index contributed by atoms with van der Waals surface area (Å²) in [4.78, 5) is 102. The fourth-order valence-electron chi connectivity index (χ4n) is 8.15. The lowest BCUT2D eigenvalue weighted by Crippen LogP contribution is -2.52. The van der Waals surface area contributed by atoms with E-state index in [0.717, 1.165) is 46.2 Å². The number of carbonyl (C=O) groups is 8. The lowest BCUT2D eigenvalue weighted by molar-refractivity contribution is -0.140. The highest BCUT2D eigenvalue weighted by Gasteiger charge is 2.42. The maximum Gasteiger partial charge on any atom is 0.329 e. The lowest BCUT2D eigenvalue weighted by atomic mass is 9.71. The predicted octanol–water partition coefficient (Wildman–Crippen LogP) is 5.16. The van der Waals surface area contributed by atoms with Crippen LogP contribution in [0.5, 0.6) is 11.5 Å². The quantitative estimate of drug-likeness (QED) is 0.0526. The van der Waals surface area contributed by atoms with E-state index in [0.29, 0.717) is 37.6 Å². The largest absolute Gasteiger partial charge is 0.489 e. The molecule has 0 spiro atoms. The molecule has 7 rings (SSSR count). The van der Waals surface area contributed by atoms with Crippen LogP contribution in [0.15, 0.2) is 146 Å². The van der Waals surface area contributed by atoms with E-state index in [9.17, 15) is 38.4 Å². The molecule has 0 unspecified atom stereocenters. The second-order valence-electron chi connectivity index (χ2n) is 16.3. The number of hydrazine groups is 4. The van der Waals surface area contributed by atoms with E-state index >= 15 is 0 Å². The van der Waals surface area contributed by atoms with E-state index in [2.05, 4.69) is 32.6 Å². The summed E-state index contributed by atoms with van der Waals surface area (Å²) in [6.07, 6.45) is 2.75. The van der Waals surface area contributed by atoms with Gasteiger partial charge in [0, 0.05) is 27.7 Å². The van der Waals surface area contributed by atoms with Crippen molar-refractivity contribution in [2.24, 2.45) is 0 Å². The Morgan fingerprint density at radius 1 is 0.380 bits per heavy atom. The highest BCUT2D eigenvalue weighted by molar-refractivity contribution is 6.35. The number of amides is 8. The summed E-state index contributed by atoms with van der Waals surface area (Å²) in [6, 6.07) is 41.6. The van der Waals surface area contributed by atoms with E-state index in [1.807, 2.05) is 85.4 Å². The molecule has 362 valence electrons. The molecule has 18 nitrogen and oxygen atoms in total. The summed E-state index contributed by atoms with van der Waals surface area (Å²) >= 11 is 0. The zero-order chi connectivity index (χ0) is 50.3. The molecular weight excluding hydrogens is 909 g/mol. The van der Waals surface area contributed by atoms with Crippen molar-refractivity contribution in [1.29, 1.82) is 0 Å². The Bertz CT molecular complexity index is 2750. The molecule has 8 amide bonds. The van der Waals surface area contributed by atoms with Crippen LogP contribution >= 0.6 is 0 Å². The Morgan fingerprint density at radius 2 is 0.690 bits per heavy atom. The van der Waals surface area contributed by atoms with Gasteiger partial charge in [-0.25, -0.2) is 0 Å². The standard InChI is InChI=1S/C53H50N8O10/c1-3-27-53(28-4-2)43-29-37(47(64)56-60-51(68)49(66)58-54-45(62)35-15-21-39(22-16-35)70-31-33-11-7-5-8-12-33)19-25-41(43)42-26-20-38(30-44(42)53)48(65)57-61-52(69)50(67)59-55-46(63)36-17-23-40(24-18-36)71-32-34-13-9-6-10-14-34/h5-26,29-30H,3-4,27-28,31-32H2,1-2H3,(H,54,62)(H,55,63)(H,56,64)(H,57,65)(H,58,66)(H,59,67)(H,60,68)(H,61,69). The van der Waals surface area contributed by atoms with Crippen molar-refractivity contribution in [1.82, 2.24) is 43.4 Å². The van der Waals surface area contributed by atoms with Gasteiger partial charge < -0.3 is 9.47 Å². The number of hydrogen-bond donors (Lipinski definition) is 8. The van der Waals surface area contributed by atoms with E-state index in [1.165, 1.54) is 24.3 Å². The summed E-state index contributed by atoms with van der Waals surface area (Å²) in [6.45, 7) is 4.71. The third kappa shape index (κ3) is 12.2. The Hall–Kier alpha value is -9.32. The van der Waals surface area contributed by atoms with Crippen molar-refractivity contribution in [2.45, 2.75) is 58.2 Å². The highest BCUT2D eigenvalue weighted by atomic mass is 16.5. The molecule has 0 saturated heterocycles. The molecule has 6 aromatic rings. The number of nitrogens with one attached hydrogen (secondary N) is 8. The van der Waals surface area contributed by atoms with E-state index < -0.39 is 52.7 Å². The zero-order valence-corrected chi connectivity index (χ0v) is 38.7. The first kappa shape index (κ1) is 49.6. The van der Waals surface area contributed by atoms with Crippen molar-refractivity contribution in [3.63, 3.8) is 0 Å². The van der Waals surface area contributed by atoms with E-state index in [4.69, 9.17) is 9.47 Å². The molecule has 1 aliphatic carbocycles. The van der Waals surface area contributed by atoms with Gasteiger partial charge >= 0.3 is 23.6 Å². The predicted molar refractivity (Wildman–Crippen MR) is 259 cm³/mol. The minimum absolute atomic E-state index is 0.176. The number of carbonyl (C=O) groups excluding carboxylic acids is 8. The van der Waals surface area contributed by atoms with E-state index in [-0.39, 0.29) is 22.3 Å². The summed E-state index contributed by atoms with van der Waals surface area (Å²) < 4.78 is 11.5. The molecule has 0 fully saturated rings. The van der Waals surface area contributed by atoms with Crippen LogP contribution in [0.25, 0.3) is 11.1 Å². The molecule has 6 aromatic carbocycles. The molecule has 0 heterocycles. The van der Waals surface area contributed by atoms with Crippen molar-refractivity contribution in [3.8, 4) is 22.6 Å². The average molecular weight is 959 g/mol. The maximum atomic E-state index is 13.4. The third-order valence-corrected chi connectivity index (χ3v) is 11.5. The second kappa shape index (κ2) is 23.1. The molecule has 1 aliphatic rings. The van der Waals surface area contributed by atoms with Gasteiger partial charge in [-0.15, -0.1) is 0 Å². The normalized spacial score (nSPS) is 11.6. The molecule has 0 radical (unpaired) electrons. The van der Waals surface area contributed by atoms with Crippen molar-refractivity contribution in [3.05, 3.63) is 190 Å². The molecule has 0 atom stereocenters. The third-order valence-electron chi connectivity index (χ3n) is 11.5. The molecule has 71 heavy (non-hydrogen) atoms. The highest BCUT2D eigenvalue weighted by Crippen LogP contribution is 2.54. The zero-order valence-electron chi connectivity index (χ0n) is 38.7. The van der Waals surface area contributed by atoms with Gasteiger partial charge in [0.15, 0.2) is 0 Å². The number of ether oxygens (including phenoxy) is 2. The van der Waals surface area contributed by atoms with Gasteiger partial charge in [-0.2, -0.15) is 0 Å². The molecule has 0 aliphatic heterocycles. The van der Waals surface area contributed by atoms with Crippen LogP contribution in [0.1, 0.15) is 103 Å². The van der Waals surface area contributed by atoms with Gasteiger partial charge in [0.2, 0.25) is 0 Å². The van der Waals surface area contributed by atoms with Gasteiger partial charge in [-0.05, 0) is 119 Å². The van der Waals surface area contributed by atoms with Crippen LogP contribution in [-0.4, -0.2) is 47.3 Å². The van der Waals surface area contributed by atoms with E-state index in [1.54, 1.807) is 60.7 Å². The van der Waals surface area contributed by atoms with Crippen LogP contribution < -0.4 is 52.9 Å². The average Bonchev–Trinajstić information content (AvgIpc) is 3.66. The number of hydrogen-bond acceptors (Lipinski definition) is 10. The van der Waals surface area contributed by atoms with Crippen LogP contribution in [0.2, 0.25) is 0 Å². The fraction of sp³-hybridized carbons (Fsp3) is 0.170. The molecule has 0 aromatic heterocycles. The first-order valence-corrected chi connectivity index (χ1v) is 22.6. The first-order valence-electron chi connectivity index (χ1n) is 22.6. The minimum Gasteiger partial charge on any atom is -0.489 e. The van der Waals surface area contributed by atoms with Gasteiger partial charge in [-0.1, -0.05) is 99.5 Å². The fourth-order valence-corrected chi connectivity index (χ4v) is 8.15. The summed E-state index contributed by atoms with van der Waals surface area (Å²) in [5, 5.41) is 0. The number of benzene rings is 6. The SMILES string of the molecule is CCCC1(CCC)c2cc(C(=O)NNC(=O)C(=O)NNC(=O)c3ccc(OCc4ccccc4)cc3)ccc2-c2ccc(C(=O)NNC(=O)C(=O)NNC(=O)c3ccc(OCc4ccccc4)cc3)cc21. The summed E-state index contributed by atoms with van der Waals surface area (Å²) in [7, 11) is 0. The Balaban J connectivity index is 0.903.